The molecular formula is C64H90N16O10. The van der Waals surface area contributed by atoms with Gasteiger partial charge >= 0.3 is 5.97 Å². The zero-order chi connectivity index (χ0) is 65.9. The van der Waals surface area contributed by atoms with Gasteiger partial charge in [0.25, 0.3) is 0 Å². The Morgan fingerprint density at radius 3 is 1.10 bits per heavy atom. The van der Waals surface area contributed by atoms with E-state index in [4.69, 9.17) is 34.4 Å². The Kier molecular flexibility index (Phi) is 28.2. The van der Waals surface area contributed by atoms with Crippen LogP contribution in [0.3, 0.4) is 0 Å². The van der Waals surface area contributed by atoms with Crippen molar-refractivity contribution in [2.24, 2.45) is 56.2 Å². The lowest BCUT2D eigenvalue weighted by molar-refractivity contribution is -0.152. The molecule has 26 heteroatoms. The topological polar surface area (TPSA) is 442 Å². The van der Waals surface area contributed by atoms with Gasteiger partial charge in [-0.15, -0.1) is 0 Å². The molecule has 1 aliphatic heterocycles. The van der Waals surface area contributed by atoms with Crippen molar-refractivity contribution in [2.45, 2.75) is 146 Å². The predicted molar refractivity (Wildman–Crippen MR) is 342 cm³/mol. The van der Waals surface area contributed by atoms with Crippen LogP contribution in [0.25, 0.3) is 0 Å². The number of nitrogens with one attached hydrogen (secondary N) is 7. The quantitative estimate of drug-likeness (QED) is 0.0207. The normalized spacial score (nSPS) is 15.4. The molecule has 0 saturated carbocycles. The van der Waals surface area contributed by atoms with E-state index in [2.05, 4.69) is 47.2 Å². The van der Waals surface area contributed by atoms with Gasteiger partial charge in [0.1, 0.15) is 41.8 Å². The van der Waals surface area contributed by atoms with E-state index >= 15 is 0 Å². The minimum atomic E-state index is -2.00. The maximum atomic E-state index is 14.6. The summed E-state index contributed by atoms with van der Waals surface area (Å²) in [5.41, 5.74) is 36.2. The van der Waals surface area contributed by atoms with E-state index in [-0.39, 0.29) is 114 Å². The van der Waals surface area contributed by atoms with Gasteiger partial charge in [-0.05, 0) is 85.5 Å². The van der Waals surface area contributed by atoms with Crippen molar-refractivity contribution in [2.75, 3.05) is 26.2 Å². The summed E-state index contributed by atoms with van der Waals surface area (Å²) in [6.45, 7) is 6.50. The summed E-state index contributed by atoms with van der Waals surface area (Å²) in [6, 6.07) is 26.5. The Balaban J connectivity index is 1.32. The number of likely N-dealkylation sites (tertiary alicyclic amines) is 1. The highest BCUT2D eigenvalue weighted by Gasteiger charge is 2.46. The molecule has 20 N–H and O–H groups in total. The maximum Gasteiger partial charge on any atom is 0.329 e. The number of benzene rings is 4. The molecule has 0 spiro atoms. The zero-order valence-corrected chi connectivity index (χ0v) is 51.6. The van der Waals surface area contributed by atoms with Crippen LogP contribution >= 0.6 is 0 Å². The molecule has 5 rings (SSSR count). The number of aliphatic carboxylic acids is 1. The van der Waals surface area contributed by atoms with Gasteiger partial charge in [-0.1, -0.05) is 149 Å². The van der Waals surface area contributed by atoms with E-state index in [0.717, 1.165) is 16.7 Å². The lowest BCUT2D eigenvalue weighted by Gasteiger charge is -2.41. The molecule has 0 aromatic heterocycles. The van der Waals surface area contributed by atoms with Crippen LogP contribution in [0.5, 0.6) is 0 Å². The predicted octanol–water partition coefficient (Wildman–Crippen LogP) is -0.498. The number of hydrogen-bond acceptors (Lipinski definition) is 13. The third-order valence-electron chi connectivity index (χ3n) is 15.2. The minimum absolute atomic E-state index is 0.0362. The second-order valence-electron chi connectivity index (χ2n) is 23.5. The first-order valence-corrected chi connectivity index (χ1v) is 30.3. The molecule has 0 aliphatic carbocycles. The van der Waals surface area contributed by atoms with Gasteiger partial charge in [0.05, 0.1) is 12.1 Å². The third kappa shape index (κ3) is 23.6. The number of carbonyl (C=O) groups is 9. The van der Waals surface area contributed by atoms with Crippen molar-refractivity contribution in [3.63, 3.8) is 0 Å². The summed E-state index contributed by atoms with van der Waals surface area (Å²) in [6.07, 6.45) is -0.383. The highest BCUT2D eigenvalue weighted by atomic mass is 16.4. The molecule has 0 unspecified atom stereocenters. The second-order valence-corrected chi connectivity index (χ2v) is 23.5. The molecule has 0 bridgehead atoms. The number of guanidine groups is 2. The van der Waals surface area contributed by atoms with E-state index in [1.54, 1.807) is 60.7 Å². The molecule has 1 heterocycles. The molecule has 4 aromatic rings. The monoisotopic (exact) mass is 1240 g/mol. The van der Waals surface area contributed by atoms with Gasteiger partial charge in [-0.25, -0.2) is 4.79 Å². The zero-order valence-electron chi connectivity index (χ0n) is 51.6. The standard InChI is InChI=1S/C64H90N16O10/c1-39(2)33-49(77-57(85)51(37-43-21-13-7-14-22-43)75-53(81)45(65)35-41-17-9-5-10-18-41)55(83)73-47(25-29-71-62(67)68)59(87)79-64(61(89)90)27-31-80(32-28-64)60(88)48(26-30-72-63(69)70)74-56(84)50(34-40(3)4)78-58(86)52(38-44-23-15-8-16-24-44)76-54(82)46(66)36-42-19-11-6-12-20-42/h5-24,39-40,45-52H,25-38,65-66H2,1-4H3,(H,73,83)(H,74,84)(H,75,81)(H,76,82)(H,77,85)(H,78,86)(H,79,87)(H,89,90)(H4,67,68,71)(H4,69,70,72)/t45-,46-,47-,48-,49-,50-,51-,52-/m1/s1. The molecule has 8 atom stereocenters. The fourth-order valence-electron chi connectivity index (χ4n) is 10.3. The van der Waals surface area contributed by atoms with Crippen LogP contribution in [0.4, 0.5) is 0 Å². The van der Waals surface area contributed by atoms with Crippen molar-refractivity contribution < 1.29 is 48.3 Å². The smallest absolute Gasteiger partial charge is 0.329 e. The fraction of sp³-hybridized carbons (Fsp3) is 0.453. The number of piperidine rings is 1. The Morgan fingerprint density at radius 2 is 0.756 bits per heavy atom. The summed E-state index contributed by atoms with van der Waals surface area (Å²) in [5, 5.41) is 30.0. The lowest BCUT2D eigenvalue weighted by atomic mass is 9.86. The molecule has 486 valence electrons. The van der Waals surface area contributed by atoms with Crippen molar-refractivity contribution in [3.8, 4) is 0 Å². The van der Waals surface area contributed by atoms with E-state index in [1.807, 2.05) is 88.4 Å². The van der Waals surface area contributed by atoms with Crippen LogP contribution in [0.1, 0.15) is 88.5 Å². The number of amides is 8. The van der Waals surface area contributed by atoms with Crippen LogP contribution in [-0.2, 0) is 68.8 Å². The lowest BCUT2D eigenvalue weighted by Crippen LogP contribution is -2.65. The van der Waals surface area contributed by atoms with Gasteiger partial charge in [0, 0.05) is 39.0 Å². The Labute approximate surface area is 525 Å². The second kappa shape index (κ2) is 35.5. The number of carbonyl (C=O) groups excluding carboxylic acids is 8. The van der Waals surface area contributed by atoms with E-state index < -0.39 is 107 Å². The summed E-state index contributed by atoms with van der Waals surface area (Å²) < 4.78 is 0. The number of carboxylic acid groups (broad SMARTS) is 1. The Morgan fingerprint density at radius 1 is 0.444 bits per heavy atom. The molecule has 8 amide bonds. The van der Waals surface area contributed by atoms with E-state index in [1.165, 1.54) is 4.90 Å². The average Bonchev–Trinajstić information content (AvgIpc) is 1.16. The van der Waals surface area contributed by atoms with E-state index in [9.17, 15) is 48.3 Å². The summed E-state index contributed by atoms with van der Waals surface area (Å²) in [4.78, 5) is 136. The number of nitrogens with two attached hydrogens (primary N) is 6. The molecule has 1 fully saturated rings. The fourth-order valence-corrected chi connectivity index (χ4v) is 10.3. The van der Waals surface area contributed by atoms with Gasteiger partial charge < -0.3 is 81.6 Å². The Bertz CT molecular complexity index is 3070. The molecule has 4 aromatic carbocycles. The first-order chi connectivity index (χ1) is 42.8. The minimum Gasteiger partial charge on any atom is -0.480 e. The molecule has 0 radical (unpaired) electrons. The number of rotatable bonds is 34. The SMILES string of the molecule is CC(C)C[C@@H](NC(=O)[C@@H](Cc1ccccc1)NC(=O)[C@H](N)Cc1ccccc1)C(=O)N[C@H](CCN=C(N)N)C(=O)NC1(C(=O)O)CCN(C(=O)[C@@H](CCN=C(N)N)NC(=O)[C@@H](CC(C)C)NC(=O)[C@@H](Cc2ccccc2)NC(=O)[C@H](N)Cc2ccccc2)CC1. The van der Waals surface area contributed by atoms with Crippen LogP contribution in [0, 0.1) is 11.8 Å². The summed E-state index contributed by atoms with van der Waals surface area (Å²) in [5.74, 6) is -8.11. The van der Waals surface area contributed by atoms with Crippen LogP contribution in [-0.4, -0.2) is 155 Å². The Hall–Kier alpha value is -9.43. The summed E-state index contributed by atoms with van der Waals surface area (Å²) >= 11 is 0. The first-order valence-electron chi connectivity index (χ1n) is 30.3. The number of carboxylic acids is 1. The van der Waals surface area contributed by atoms with Crippen molar-refractivity contribution in [1.82, 2.24) is 42.1 Å². The summed E-state index contributed by atoms with van der Waals surface area (Å²) in [7, 11) is 0. The first kappa shape index (κ1) is 71.3. The highest BCUT2D eigenvalue weighted by Crippen LogP contribution is 2.25. The van der Waals surface area contributed by atoms with Crippen molar-refractivity contribution >= 4 is 65.1 Å². The van der Waals surface area contributed by atoms with Gasteiger partial charge in [-0.3, -0.25) is 48.3 Å². The van der Waals surface area contributed by atoms with Gasteiger partial charge in [0.15, 0.2) is 11.9 Å². The largest absolute Gasteiger partial charge is 0.480 e. The van der Waals surface area contributed by atoms with Crippen LogP contribution < -0.4 is 71.6 Å². The molecule has 1 aliphatic rings. The van der Waals surface area contributed by atoms with Gasteiger partial charge in [0.2, 0.25) is 47.3 Å². The third-order valence-corrected chi connectivity index (χ3v) is 15.2. The van der Waals surface area contributed by atoms with Crippen LogP contribution in [0.15, 0.2) is 131 Å². The maximum absolute atomic E-state index is 14.6. The molecule has 90 heavy (non-hydrogen) atoms. The average molecular weight is 1240 g/mol. The van der Waals surface area contributed by atoms with E-state index in [0.29, 0.717) is 5.56 Å². The van der Waals surface area contributed by atoms with Gasteiger partial charge in [-0.2, -0.15) is 0 Å². The van der Waals surface area contributed by atoms with Crippen molar-refractivity contribution in [3.05, 3.63) is 144 Å². The van der Waals surface area contributed by atoms with Crippen molar-refractivity contribution in [1.29, 1.82) is 0 Å². The van der Waals surface area contributed by atoms with Crippen LogP contribution in [0.2, 0.25) is 0 Å². The number of aliphatic imine (C=N–C) groups is 2. The molecule has 26 nitrogen and oxygen atoms in total. The molecular weight excluding hydrogens is 1150 g/mol. The number of hydrogen-bond donors (Lipinski definition) is 14. The highest BCUT2D eigenvalue weighted by molar-refractivity contribution is 5.97. The molecule has 1 saturated heterocycles. The number of nitrogens with zero attached hydrogens (tertiary/aromatic N) is 3.